The number of ether oxygens (including phenoxy) is 1. The Kier molecular flexibility index (Phi) is 5.98. The Labute approximate surface area is 131 Å². The van der Waals surface area contributed by atoms with Crippen molar-refractivity contribution in [2.75, 3.05) is 19.7 Å². The summed E-state index contributed by atoms with van der Waals surface area (Å²) < 4.78 is 5.66. The van der Waals surface area contributed by atoms with Gasteiger partial charge in [-0.15, -0.1) is 0 Å². The van der Waals surface area contributed by atoms with Gasteiger partial charge in [0.05, 0.1) is 5.56 Å². The van der Waals surface area contributed by atoms with Crippen LogP contribution in [0.5, 0.6) is 5.75 Å². The maximum absolute atomic E-state index is 10.9. The number of benzene rings is 2. The normalized spacial score (nSPS) is 10.6. The Balaban J connectivity index is 1.83. The molecule has 2 rings (SSSR count). The van der Waals surface area contributed by atoms with Crippen molar-refractivity contribution in [1.29, 1.82) is 0 Å². The molecule has 0 bridgehead atoms. The molecule has 0 amide bonds. The molecular formula is C18H21NO3. The summed E-state index contributed by atoms with van der Waals surface area (Å²) in [5, 5.41) is 8.96. The summed E-state index contributed by atoms with van der Waals surface area (Å²) in [4.78, 5) is 13.2. The molecule has 0 atom stereocenters. The van der Waals surface area contributed by atoms with Gasteiger partial charge in [-0.05, 0) is 30.3 Å². The summed E-state index contributed by atoms with van der Waals surface area (Å²) in [6.07, 6.45) is 0. The Morgan fingerprint density at radius 3 is 2.59 bits per heavy atom. The van der Waals surface area contributed by atoms with Gasteiger partial charge in [0.1, 0.15) is 12.4 Å². The lowest BCUT2D eigenvalue weighted by atomic mass is 10.2. The molecule has 0 fully saturated rings. The molecule has 4 nitrogen and oxygen atoms in total. The summed E-state index contributed by atoms with van der Waals surface area (Å²) in [6, 6.07) is 16.9. The fraction of sp³-hybridized carbons (Fsp3) is 0.278. The highest BCUT2D eigenvalue weighted by Crippen LogP contribution is 2.13. The van der Waals surface area contributed by atoms with Gasteiger partial charge in [0.15, 0.2) is 0 Å². The molecule has 4 heteroatoms. The Hall–Kier alpha value is -2.33. The van der Waals surface area contributed by atoms with Gasteiger partial charge in [-0.3, -0.25) is 4.90 Å². The van der Waals surface area contributed by atoms with Crippen molar-refractivity contribution < 1.29 is 14.6 Å². The van der Waals surface area contributed by atoms with Gasteiger partial charge in [0.2, 0.25) is 0 Å². The molecular weight excluding hydrogens is 278 g/mol. The van der Waals surface area contributed by atoms with Crippen LogP contribution >= 0.6 is 0 Å². The van der Waals surface area contributed by atoms with Crippen molar-refractivity contribution >= 4 is 5.97 Å². The van der Waals surface area contributed by atoms with E-state index in [0.717, 1.165) is 19.6 Å². The highest BCUT2D eigenvalue weighted by Gasteiger charge is 2.06. The summed E-state index contributed by atoms with van der Waals surface area (Å²) in [5.41, 5.74) is 1.52. The lowest BCUT2D eigenvalue weighted by Crippen LogP contribution is -2.27. The van der Waals surface area contributed by atoms with E-state index in [4.69, 9.17) is 9.84 Å². The van der Waals surface area contributed by atoms with E-state index in [0.29, 0.717) is 12.4 Å². The molecule has 2 aromatic rings. The molecule has 22 heavy (non-hydrogen) atoms. The zero-order chi connectivity index (χ0) is 15.8. The van der Waals surface area contributed by atoms with Crippen molar-refractivity contribution in [3.63, 3.8) is 0 Å². The monoisotopic (exact) mass is 299 g/mol. The molecule has 0 aliphatic heterocycles. The highest BCUT2D eigenvalue weighted by atomic mass is 16.5. The SMILES string of the molecule is CCN(CCOc1cccc(C(=O)O)c1)Cc1ccccc1. The molecule has 0 aromatic heterocycles. The fourth-order valence-electron chi connectivity index (χ4n) is 2.20. The lowest BCUT2D eigenvalue weighted by Gasteiger charge is -2.20. The summed E-state index contributed by atoms with van der Waals surface area (Å²) in [6.45, 7) is 5.27. The topological polar surface area (TPSA) is 49.8 Å². The molecule has 0 saturated heterocycles. The second-order valence-corrected chi connectivity index (χ2v) is 5.04. The maximum atomic E-state index is 10.9. The van der Waals surface area contributed by atoms with Gasteiger partial charge >= 0.3 is 5.97 Å². The maximum Gasteiger partial charge on any atom is 0.335 e. The average Bonchev–Trinajstić information content (AvgIpc) is 2.55. The number of carbonyl (C=O) groups is 1. The quantitative estimate of drug-likeness (QED) is 0.812. The van der Waals surface area contributed by atoms with Gasteiger partial charge in [-0.1, -0.05) is 43.3 Å². The van der Waals surface area contributed by atoms with Crippen molar-refractivity contribution in [2.45, 2.75) is 13.5 Å². The molecule has 0 radical (unpaired) electrons. The van der Waals surface area contributed by atoms with E-state index in [2.05, 4.69) is 24.0 Å². The van der Waals surface area contributed by atoms with E-state index >= 15 is 0 Å². The molecule has 2 aromatic carbocycles. The zero-order valence-electron chi connectivity index (χ0n) is 12.7. The first kappa shape index (κ1) is 16.0. The van der Waals surface area contributed by atoms with E-state index in [1.165, 1.54) is 5.56 Å². The van der Waals surface area contributed by atoms with E-state index in [1.54, 1.807) is 24.3 Å². The third-order valence-electron chi connectivity index (χ3n) is 3.45. The van der Waals surface area contributed by atoms with E-state index in [9.17, 15) is 4.79 Å². The van der Waals surface area contributed by atoms with Gasteiger partial charge in [0, 0.05) is 13.1 Å². The number of rotatable bonds is 8. The van der Waals surface area contributed by atoms with Crippen LogP contribution in [0.15, 0.2) is 54.6 Å². The van der Waals surface area contributed by atoms with Crippen LogP contribution in [0.1, 0.15) is 22.8 Å². The largest absolute Gasteiger partial charge is 0.492 e. The summed E-state index contributed by atoms with van der Waals surface area (Å²) in [7, 11) is 0. The van der Waals surface area contributed by atoms with Gasteiger partial charge in [-0.25, -0.2) is 4.79 Å². The fourth-order valence-corrected chi connectivity index (χ4v) is 2.20. The van der Waals surface area contributed by atoms with Gasteiger partial charge < -0.3 is 9.84 Å². The van der Waals surface area contributed by atoms with Crippen molar-refractivity contribution in [3.05, 3.63) is 65.7 Å². The summed E-state index contributed by atoms with van der Waals surface area (Å²) >= 11 is 0. The first-order chi connectivity index (χ1) is 10.7. The number of hydrogen-bond acceptors (Lipinski definition) is 3. The Morgan fingerprint density at radius 1 is 1.14 bits per heavy atom. The average molecular weight is 299 g/mol. The number of carboxylic acid groups (broad SMARTS) is 1. The molecule has 0 unspecified atom stereocenters. The highest BCUT2D eigenvalue weighted by molar-refractivity contribution is 5.87. The van der Waals surface area contributed by atoms with Gasteiger partial charge in [0.25, 0.3) is 0 Å². The second-order valence-electron chi connectivity index (χ2n) is 5.04. The number of aromatic carboxylic acids is 1. The zero-order valence-corrected chi connectivity index (χ0v) is 12.7. The van der Waals surface area contributed by atoms with Crippen LogP contribution in [-0.4, -0.2) is 35.7 Å². The first-order valence-corrected chi connectivity index (χ1v) is 7.41. The van der Waals surface area contributed by atoms with E-state index in [1.807, 2.05) is 18.2 Å². The van der Waals surface area contributed by atoms with E-state index in [-0.39, 0.29) is 5.56 Å². The van der Waals surface area contributed by atoms with Crippen LogP contribution in [0, 0.1) is 0 Å². The summed E-state index contributed by atoms with van der Waals surface area (Å²) in [5.74, 6) is -0.347. The van der Waals surface area contributed by atoms with Crippen LogP contribution in [0.3, 0.4) is 0 Å². The number of carboxylic acids is 1. The molecule has 0 heterocycles. The first-order valence-electron chi connectivity index (χ1n) is 7.41. The van der Waals surface area contributed by atoms with Crippen LogP contribution in [-0.2, 0) is 6.54 Å². The third kappa shape index (κ3) is 4.90. The number of likely N-dealkylation sites (N-methyl/N-ethyl adjacent to an activating group) is 1. The molecule has 0 spiro atoms. The smallest absolute Gasteiger partial charge is 0.335 e. The third-order valence-corrected chi connectivity index (χ3v) is 3.45. The number of nitrogens with zero attached hydrogens (tertiary/aromatic N) is 1. The van der Waals surface area contributed by atoms with Crippen molar-refractivity contribution in [2.24, 2.45) is 0 Å². The second kappa shape index (κ2) is 8.20. The van der Waals surface area contributed by atoms with Crippen LogP contribution in [0.4, 0.5) is 0 Å². The number of hydrogen-bond donors (Lipinski definition) is 1. The molecule has 0 saturated carbocycles. The molecule has 1 N–H and O–H groups in total. The van der Waals surface area contributed by atoms with Crippen molar-refractivity contribution in [1.82, 2.24) is 4.90 Å². The minimum absolute atomic E-state index is 0.245. The predicted molar refractivity (Wildman–Crippen MR) is 86.3 cm³/mol. The van der Waals surface area contributed by atoms with Crippen LogP contribution < -0.4 is 4.74 Å². The van der Waals surface area contributed by atoms with Gasteiger partial charge in [-0.2, -0.15) is 0 Å². The molecule has 116 valence electrons. The predicted octanol–water partition coefficient (Wildman–Crippen LogP) is 3.29. The molecule has 0 aliphatic carbocycles. The van der Waals surface area contributed by atoms with Crippen LogP contribution in [0.2, 0.25) is 0 Å². The Morgan fingerprint density at radius 2 is 1.91 bits per heavy atom. The minimum Gasteiger partial charge on any atom is -0.492 e. The van der Waals surface area contributed by atoms with Crippen molar-refractivity contribution in [3.8, 4) is 5.75 Å². The van der Waals surface area contributed by atoms with E-state index < -0.39 is 5.97 Å². The van der Waals surface area contributed by atoms with Crippen LogP contribution in [0.25, 0.3) is 0 Å². The standard InChI is InChI=1S/C18H21NO3/c1-2-19(14-15-7-4-3-5-8-15)11-12-22-17-10-6-9-16(13-17)18(20)21/h3-10,13H,2,11-12,14H2,1H3,(H,20,21). The minimum atomic E-state index is -0.940. The Bertz CT molecular complexity index is 598. The lowest BCUT2D eigenvalue weighted by molar-refractivity contribution is 0.0696. The molecule has 0 aliphatic rings.